The van der Waals surface area contributed by atoms with Crippen LogP contribution in [0.3, 0.4) is 0 Å². The minimum Gasteiger partial charge on any atom is -0.296 e. The summed E-state index contributed by atoms with van der Waals surface area (Å²) in [7, 11) is -4.05. The van der Waals surface area contributed by atoms with E-state index in [-0.39, 0.29) is 5.56 Å². The minimum absolute atomic E-state index is 0.0118. The van der Waals surface area contributed by atoms with Gasteiger partial charge >= 0.3 is 0 Å². The van der Waals surface area contributed by atoms with Crippen molar-refractivity contribution in [3.8, 4) is 0 Å². The second-order valence-corrected chi connectivity index (χ2v) is 8.37. The number of carbonyl (C=O) groups is 1. The highest BCUT2D eigenvalue weighted by Gasteiger charge is 2.22. The molecule has 136 valence electrons. The van der Waals surface area contributed by atoms with Crippen molar-refractivity contribution in [1.29, 1.82) is 0 Å². The highest BCUT2D eigenvalue weighted by atomic mass is 32.2. The van der Waals surface area contributed by atoms with Gasteiger partial charge in [0.25, 0.3) is 5.91 Å². The van der Waals surface area contributed by atoms with Crippen LogP contribution in [0.1, 0.15) is 42.6 Å². The lowest BCUT2D eigenvalue weighted by Crippen LogP contribution is -2.31. The summed E-state index contributed by atoms with van der Waals surface area (Å²) in [5, 5.41) is 11.4. The van der Waals surface area contributed by atoms with Crippen molar-refractivity contribution in [2.45, 2.75) is 44.6 Å². The van der Waals surface area contributed by atoms with Gasteiger partial charge in [-0.25, -0.2) is 17.5 Å². The Hall–Kier alpha value is -1.91. The van der Waals surface area contributed by atoms with Gasteiger partial charge in [-0.1, -0.05) is 18.3 Å². The van der Waals surface area contributed by atoms with Gasteiger partial charge in [0.1, 0.15) is 15.7 Å². The van der Waals surface area contributed by atoms with Crippen LogP contribution >= 0.6 is 11.3 Å². The van der Waals surface area contributed by atoms with Crippen molar-refractivity contribution in [3.05, 3.63) is 34.6 Å². The summed E-state index contributed by atoms with van der Waals surface area (Å²) in [5.74, 6) is -1.51. The van der Waals surface area contributed by atoms with Crippen LogP contribution in [0.4, 0.5) is 9.52 Å². The third kappa shape index (κ3) is 5.03. The van der Waals surface area contributed by atoms with E-state index in [9.17, 15) is 17.6 Å². The summed E-state index contributed by atoms with van der Waals surface area (Å²) in [5.41, 5.74) is 0.0118. The van der Waals surface area contributed by atoms with Gasteiger partial charge in [-0.15, -0.1) is 10.2 Å². The molecule has 0 unspecified atom stereocenters. The average molecular weight is 386 g/mol. The number of benzene rings is 1. The summed E-state index contributed by atoms with van der Waals surface area (Å²) >= 11 is 1.24. The predicted octanol–water partition coefficient (Wildman–Crippen LogP) is 2.57. The van der Waals surface area contributed by atoms with E-state index in [4.69, 9.17) is 0 Å². The maximum Gasteiger partial charge on any atom is 0.257 e. The molecule has 2 rings (SSSR count). The lowest BCUT2D eigenvalue weighted by atomic mass is 10.2. The molecule has 10 heteroatoms. The second kappa shape index (κ2) is 7.98. The molecule has 0 saturated heterocycles. The van der Waals surface area contributed by atoms with Gasteiger partial charge in [-0.2, -0.15) is 0 Å². The van der Waals surface area contributed by atoms with Crippen LogP contribution in [0.25, 0.3) is 0 Å². The first kappa shape index (κ1) is 19.4. The fraction of sp³-hybridized carbons (Fsp3) is 0.400. The number of halogens is 1. The van der Waals surface area contributed by atoms with Gasteiger partial charge in [0, 0.05) is 18.0 Å². The maximum absolute atomic E-state index is 13.9. The van der Waals surface area contributed by atoms with Gasteiger partial charge in [0.15, 0.2) is 0 Å². The number of hydrogen-bond acceptors (Lipinski definition) is 6. The van der Waals surface area contributed by atoms with Gasteiger partial charge in [0.05, 0.1) is 0 Å². The van der Waals surface area contributed by atoms with Crippen molar-refractivity contribution < 1.29 is 17.6 Å². The monoisotopic (exact) mass is 386 g/mol. The molecule has 0 bridgehead atoms. The van der Waals surface area contributed by atoms with Crippen LogP contribution in [-0.4, -0.2) is 30.6 Å². The number of nitrogens with zero attached hydrogens (tertiary/aromatic N) is 2. The van der Waals surface area contributed by atoms with Crippen LogP contribution in [0.2, 0.25) is 0 Å². The Morgan fingerprint density at radius 2 is 2.04 bits per heavy atom. The molecular formula is C15H19FN4O3S2. The van der Waals surface area contributed by atoms with Crippen molar-refractivity contribution >= 4 is 32.4 Å². The molecule has 0 aliphatic carbocycles. The predicted molar refractivity (Wildman–Crippen MR) is 93.7 cm³/mol. The van der Waals surface area contributed by atoms with Gasteiger partial charge < -0.3 is 0 Å². The zero-order valence-electron chi connectivity index (χ0n) is 14.0. The number of carbonyl (C=O) groups excluding carboxylic acids is 1. The van der Waals surface area contributed by atoms with Crippen LogP contribution in [0.15, 0.2) is 23.1 Å². The Morgan fingerprint density at radius 1 is 1.32 bits per heavy atom. The van der Waals surface area contributed by atoms with Crippen LogP contribution < -0.4 is 10.0 Å². The van der Waals surface area contributed by atoms with Crippen LogP contribution in [-0.2, 0) is 16.4 Å². The molecule has 25 heavy (non-hydrogen) atoms. The SMILES string of the molecule is CCCc1nnc(NC(=O)c2ccc(F)c(S(=O)(=O)NC(C)C)c2)s1. The van der Waals surface area contributed by atoms with Crippen molar-refractivity contribution in [2.24, 2.45) is 0 Å². The minimum atomic E-state index is -4.05. The molecular weight excluding hydrogens is 367 g/mol. The van der Waals surface area contributed by atoms with Crippen LogP contribution in [0.5, 0.6) is 0 Å². The summed E-state index contributed by atoms with van der Waals surface area (Å²) < 4.78 is 40.5. The summed E-state index contributed by atoms with van der Waals surface area (Å²) in [6.07, 6.45) is 1.66. The topological polar surface area (TPSA) is 101 Å². The van der Waals surface area contributed by atoms with E-state index in [0.717, 1.165) is 30.0 Å². The standard InChI is InChI=1S/C15H19FN4O3S2/c1-4-5-13-18-19-15(24-13)17-14(21)10-6-7-11(16)12(8-10)25(22,23)20-9(2)3/h6-9,20H,4-5H2,1-3H3,(H,17,19,21). The Morgan fingerprint density at radius 3 is 2.68 bits per heavy atom. The molecule has 7 nitrogen and oxygen atoms in total. The fourth-order valence-electron chi connectivity index (χ4n) is 2.01. The third-order valence-electron chi connectivity index (χ3n) is 3.02. The van der Waals surface area contributed by atoms with Gasteiger partial charge in [-0.3, -0.25) is 10.1 Å². The second-order valence-electron chi connectivity index (χ2n) is 5.63. The zero-order chi connectivity index (χ0) is 18.6. The molecule has 0 atom stereocenters. The van der Waals surface area contributed by atoms with Crippen LogP contribution in [0, 0.1) is 5.82 Å². The lowest BCUT2D eigenvalue weighted by molar-refractivity contribution is 0.102. The molecule has 1 aromatic carbocycles. The van der Waals surface area contributed by atoms with E-state index in [0.29, 0.717) is 5.13 Å². The molecule has 1 heterocycles. The largest absolute Gasteiger partial charge is 0.296 e. The number of nitrogens with one attached hydrogen (secondary N) is 2. The fourth-order valence-corrected chi connectivity index (χ4v) is 4.20. The number of aryl methyl sites for hydroxylation is 1. The zero-order valence-corrected chi connectivity index (χ0v) is 15.7. The Kier molecular flexibility index (Phi) is 6.20. The molecule has 0 fully saturated rings. The molecule has 0 saturated carbocycles. The highest BCUT2D eigenvalue weighted by Crippen LogP contribution is 2.20. The molecule has 0 spiro atoms. The normalized spacial score (nSPS) is 11.7. The summed E-state index contributed by atoms with van der Waals surface area (Å²) in [4.78, 5) is 11.7. The third-order valence-corrected chi connectivity index (χ3v) is 5.60. The Bertz CT molecular complexity index is 865. The van der Waals surface area contributed by atoms with Gasteiger partial charge in [0.2, 0.25) is 15.2 Å². The van der Waals surface area contributed by atoms with Crippen molar-refractivity contribution in [1.82, 2.24) is 14.9 Å². The van der Waals surface area contributed by atoms with E-state index in [2.05, 4.69) is 20.2 Å². The number of rotatable bonds is 7. The number of amides is 1. The smallest absolute Gasteiger partial charge is 0.257 e. The number of sulfonamides is 1. The van der Waals surface area contributed by atoms with E-state index < -0.39 is 32.7 Å². The quantitative estimate of drug-likeness (QED) is 0.762. The molecule has 0 radical (unpaired) electrons. The van der Waals surface area contributed by atoms with Crippen molar-refractivity contribution in [2.75, 3.05) is 5.32 Å². The van der Waals surface area contributed by atoms with E-state index in [1.807, 2.05) is 6.92 Å². The van der Waals surface area contributed by atoms with E-state index in [1.165, 1.54) is 17.4 Å². The number of hydrogen-bond donors (Lipinski definition) is 2. The molecule has 2 N–H and O–H groups in total. The lowest BCUT2D eigenvalue weighted by Gasteiger charge is -2.11. The molecule has 0 aliphatic heterocycles. The van der Waals surface area contributed by atoms with E-state index in [1.54, 1.807) is 13.8 Å². The first-order chi connectivity index (χ1) is 11.7. The number of aromatic nitrogens is 2. The summed E-state index contributed by atoms with van der Waals surface area (Å²) in [6.45, 7) is 5.25. The summed E-state index contributed by atoms with van der Waals surface area (Å²) in [6, 6.07) is 2.77. The molecule has 1 aromatic heterocycles. The Labute approximate surface area is 149 Å². The molecule has 0 aliphatic rings. The Balaban J connectivity index is 2.24. The first-order valence-corrected chi connectivity index (χ1v) is 9.98. The molecule has 2 aromatic rings. The average Bonchev–Trinajstić information content (AvgIpc) is 2.93. The van der Waals surface area contributed by atoms with Crippen molar-refractivity contribution in [3.63, 3.8) is 0 Å². The molecule has 1 amide bonds. The first-order valence-electron chi connectivity index (χ1n) is 7.68. The highest BCUT2D eigenvalue weighted by molar-refractivity contribution is 7.89. The van der Waals surface area contributed by atoms with Gasteiger partial charge in [-0.05, 0) is 38.5 Å². The van der Waals surface area contributed by atoms with E-state index >= 15 is 0 Å². The number of anilines is 1. The maximum atomic E-state index is 13.9.